The number of amides is 1. The second-order valence-corrected chi connectivity index (χ2v) is 7.03. The quantitative estimate of drug-likeness (QED) is 0.394. The topological polar surface area (TPSA) is 75.3 Å². The number of rotatable bonds is 4. The highest BCUT2D eigenvalue weighted by Crippen LogP contribution is 2.22. The van der Waals surface area contributed by atoms with Crippen molar-refractivity contribution in [1.29, 1.82) is 0 Å². The van der Waals surface area contributed by atoms with Gasteiger partial charge in [-0.1, -0.05) is 34.1 Å². The summed E-state index contributed by atoms with van der Waals surface area (Å²) in [7, 11) is 0. The summed E-state index contributed by atoms with van der Waals surface area (Å²) < 4.78 is 6.71. The van der Waals surface area contributed by atoms with Crippen LogP contribution in [0.4, 0.5) is 5.69 Å². The van der Waals surface area contributed by atoms with Gasteiger partial charge in [0.2, 0.25) is 5.88 Å². The van der Waals surface area contributed by atoms with Crippen molar-refractivity contribution in [2.24, 2.45) is 0 Å². The molecule has 0 saturated heterocycles. The van der Waals surface area contributed by atoms with Gasteiger partial charge in [0.25, 0.3) is 5.91 Å². The summed E-state index contributed by atoms with van der Waals surface area (Å²) in [6.45, 7) is 1.98. The van der Waals surface area contributed by atoms with Gasteiger partial charge in [0.05, 0.1) is 0 Å². The van der Waals surface area contributed by atoms with E-state index in [0.29, 0.717) is 5.75 Å². The van der Waals surface area contributed by atoms with Gasteiger partial charge < -0.3 is 10.1 Å². The number of hydrogen-bond acceptors (Lipinski definition) is 4. The van der Waals surface area contributed by atoms with E-state index in [1.165, 1.54) is 0 Å². The molecule has 0 aliphatic heterocycles. The third kappa shape index (κ3) is 5.28. The molecule has 6 nitrogen and oxygen atoms in total. The number of aromatic nitrogens is 1. The van der Waals surface area contributed by atoms with E-state index in [0.717, 1.165) is 15.7 Å². The summed E-state index contributed by atoms with van der Waals surface area (Å²) in [5.74, 6) is 0.372. The zero-order chi connectivity index (χ0) is 19.9. The first kappa shape index (κ1) is 19.8. The molecular weight excluding hydrogens is 440 g/mol. The molecule has 0 aliphatic rings. The Morgan fingerprint density at radius 2 is 1.86 bits per heavy atom. The second kappa shape index (κ2) is 9.29. The lowest BCUT2D eigenvalue weighted by atomic mass is 10.2. The maximum atomic E-state index is 12.5. The lowest BCUT2D eigenvalue weighted by Gasteiger charge is -2.13. The Kier molecular flexibility index (Phi) is 6.57. The number of carbonyl (C=O) groups is 1. The average molecular weight is 457 g/mol. The molecule has 1 aromatic heterocycles. The molecule has 8 heteroatoms. The van der Waals surface area contributed by atoms with Crippen LogP contribution in [0.15, 0.2) is 71.3 Å². The first-order chi connectivity index (χ1) is 13.5. The predicted octanol–water partition coefficient (Wildman–Crippen LogP) is 4.58. The molecule has 0 fully saturated rings. The van der Waals surface area contributed by atoms with E-state index in [9.17, 15) is 4.79 Å². The molecule has 28 heavy (non-hydrogen) atoms. The molecule has 1 heterocycles. The number of ether oxygens (including phenoxy) is 1. The van der Waals surface area contributed by atoms with Crippen LogP contribution in [0.1, 0.15) is 15.9 Å². The van der Waals surface area contributed by atoms with E-state index in [1.807, 2.05) is 43.3 Å². The van der Waals surface area contributed by atoms with E-state index >= 15 is 0 Å². The van der Waals surface area contributed by atoms with Crippen molar-refractivity contribution in [3.05, 3.63) is 82.5 Å². The Labute approximate surface area is 176 Å². The number of nitrogens with one attached hydrogen (secondary N) is 3. The van der Waals surface area contributed by atoms with Gasteiger partial charge in [-0.2, -0.15) is 0 Å². The molecule has 142 valence electrons. The van der Waals surface area contributed by atoms with Crippen LogP contribution in [0.3, 0.4) is 0 Å². The number of halogens is 1. The average Bonchev–Trinajstić information content (AvgIpc) is 2.70. The van der Waals surface area contributed by atoms with E-state index in [2.05, 4.69) is 37.1 Å². The minimum Gasteiger partial charge on any atom is -0.438 e. The molecule has 3 N–H and O–H groups in total. The number of benzene rings is 2. The van der Waals surface area contributed by atoms with Gasteiger partial charge in [0.15, 0.2) is 5.11 Å². The minimum atomic E-state index is -0.421. The molecule has 0 atom stereocenters. The molecule has 0 unspecified atom stereocenters. The van der Waals surface area contributed by atoms with Gasteiger partial charge in [-0.3, -0.25) is 15.6 Å². The molecule has 3 rings (SSSR count). The van der Waals surface area contributed by atoms with Gasteiger partial charge in [0, 0.05) is 16.4 Å². The van der Waals surface area contributed by atoms with Crippen LogP contribution >= 0.6 is 28.1 Å². The largest absolute Gasteiger partial charge is 0.438 e. The molecular formula is C20H17BrN4O2S. The number of nitrogens with zero attached hydrogens (tertiary/aromatic N) is 1. The number of pyridine rings is 1. The molecule has 2 aromatic carbocycles. The van der Waals surface area contributed by atoms with Crippen molar-refractivity contribution in [3.8, 4) is 11.6 Å². The number of hydrogen-bond donors (Lipinski definition) is 3. The predicted molar refractivity (Wildman–Crippen MR) is 116 cm³/mol. The Morgan fingerprint density at radius 1 is 1.07 bits per heavy atom. The summed E-state index contributed by atoms with van der Waals surface area (Å²) in [6, 6.07) is 18.1. The van der Waals surface area contributed by atoms with Gasteiger partial charge in [-0.15, -0.1) is 0 Å². The molecule has 0 saturated carbocycles. The molecule has 0 radical (unpaired) electrons. The number of carbonyl (C=O) groups excluding carboxylic acids is 1. The SMILES string of the molecule is Cc1cc(NC(=S)NNC(=O)c2cccnc2Oc2ccccc2)ccc1Br. The summed E-state index contributed by atoms with van der Waals surface area (Å²) in [5.41, 5.74) is 7.38. The van der Waals surface area contributed by atoms with Crippen molar-refractivity contribution < 1.29 is 9.53 Å². The lowest BCUT2D eigenvalue weighted by Crippen LogP contribution is -2.43. The van der Waals surface area contributed by atoms with Crippen LogP contribution in [-0.2, 0) is 0 Å². The van der Waals surface area contributed by atoms with Gasteiger partial charge in [-0.25, -0.2) is 4.98 Å². The molecule has 0 bridgehead atoms. The van der Waals surface area contributed by atoms with Crippen LogP contribution in [0.5, 0.6) is 11.6 Å². The van der Waals surface area contributed by atoms with Crippen molar-refractivity contribution >= 4 is 44.9 Å². The summed E-state index contributed by atoms with van der Waals surface area (Å²) in [4.78, 5) is 16.7. The first-order valence-corrected chi connectivity index (χ1v) is 9.54. The van der Waals surface area contributed by atoms with Crippen molar-refractivity contribution in [3.63, 3.8) is 0 Å². The third-order valence-corrected chi connectivity index (χ3v) is 4.77. The highest BCUT2D eigenvalue weighted by molar-refractivity contribution is 9.10. The summed E-state index contributed by atoms with van der Waals surface area (Å²) >= 11 is 8.67. The normalized spacial score (nSPS) is 10.1. The summed E-state index contributed by atoms with van der Waals surface area (Å²) in [6.07, 6.45) is 1.56. The van der Waals surface area contributed by atoms with E-state index in [-0.39, 0.29) is 16.6 Å². The Hall–Kier alpha value is -2.97. The zero-order valence-corrected chi connectivity index (χ0v) is 17.3. The minimum absolute atomic E-state index is 0.204. The number of thiocarbonyl (C=S) groups is 1. The zero-order valence-electron chi connectivity index (χ0n) is 14.9. The van der Waals surface area contributed by atoms with E-state index in [1.54, 1.807) is 30.5 Å². The molecule has 0 spiro atoms. The third-order valence-electron chi connectivity index (χ3n) is 3.68. The van der Waals surface area contributed by atoms with Crippen LogP contribution < -0.4 is 20.9 Å². The molecule has 0 aliphatic carbocycles. The van der Waals surface area contributed by atoms with Crippen molar-refractivity contribution in [1.82, 2.24) is 15.8 Å². The van der Waals surface area contributed by atoms with Gasteiger partial charge in [-0.05, 0) is 67.2 Å². The van der Waals surface area contributed by atoms with Crippen molar-refractivity contribution in [2.75, 3.05) is 5.32 Å². The maximum Gasteiger partial charge on any atom is 0.275 e. The van der Waals surface area contributed by atoms with Crippen LogP contribution in [0.25, 0.3) is 0 Å². The number of hydrazine groups is 1. The highest BCUT2D eigenvalue weighted by Gasteiger charge is 2.14. The number of anilines is 1. The molecule has 3 aromatic rings. The second-order valence-electron chi connectivity index (χ2n) is 5.77. The van der Waals surface area contributed by atoms with Crippen molar-refractivity contribution in [2.45, 2.75) is 6.92 Å². The fraction of sp³-hybridized carbons (Fsp3) is 0.0500. The lowest BCUT2D eigenvalue weighted by molar-refractivity contribution is 0.0941. The maximum absolute atomic E-state index is 12.5. The fourth-order valence-corrected chi connectivity index (χ4v) is 2.73. The number of aryl methyl sites for hydroxylation is 1. The van der Waals surface area contributed by atoms with E-state index in [4.69, 9.17) is 17.0 Å². The monoisotopic (exact) mass is 456 g/mol. The first-order valence-electron chi connectivity index (χ1n) is 8.34. The van der Waals surface area contributed by atoms with Crippen LogP contribution in [0, 0.1) is 6.92 Å². The van der Waals surface area contributed by atoms with E-state index < -0.39 is 5.91 Å². The molecule has 1 amide bonds. The Bertz CT molecular complexity index is 999. The smallest absolute Gasteiger partial charge is 0.275 e. The number of para-hydroxylation sites is 1. The van der Waals surface area contributed by atoms with Gasteiger partial charge >= 0.3 is 0 Å². The van der Waals surface area contributed by atoms with Crippen LogP contribution in [-0.4, -0.2) is 16.0 Å². The fourth-order valence-electron chi connectivity index (χ4n) is 2.31. The van der Waals surface area contributed by atoms with Gasteiger partial charge in [0.1, 0.15) is 11.3 Å². The highest BCUT2D eigenvalue weighted by atomic mass is 79.9. The van der Waals surface area contributed by atoms with Crippen LogP contribution in [0.2, 0.25) is 0 Å². The Morgan fingerprint density at radius 3 is 2.61 bits per heavy atom. The summed E-state index contributed by atoms with van der Waals surface area (Å²) in [5, 5.41) is 3.26. The Balaban J connectivity index is 1.61. The standard InChI is InChI=1S/C20H17BrN4O2S/c1-13-12-14(9-10-17(13)21)23-20(28)25-24-18(26)16-8-5-11-22-19(16)27-15-6-3-2-4-7-15/h2-12H,1H3,(H,24,26)(H2,23,25,28).